The highest BCUT2D eigenvalue weighted by molar-refractivity contribution is 5.84. The molecule has 1 fully saturated rings. The van der Waals surface area contributed by atoms with Gasteiger partial charge in [-0.3, -0.25) is 9.89 Å². The third-order valence-corrected chi connectivity index (χ3v) is 5.56. The van der Waals surface area contributed by atoms with Crippen molar-refractivity contribution < 1.29 is 23.5 Å². The fourth-order valence-corrected chi connectivity index (χ4v) is 4.07. The number of ether oxygens (including phenoxy) is 2. The van der Waals surface area contributed by atoms with Crippen LogP contribution in [-0.2, 0) is 14.3 Å². The summed E-state index contributed by atoms with van der Waals surface area (Å²) in [7, 11) is 0. The van der Waals surface area contributed by atoms with Gasteiger partial charge >= 0.3 is 12.1 Å². The fourth-order valence-electron chi connectivity index (χ4n) is 4.07. The van der Waals surface area contributed by atoms with E-state index in [1.165, 1.54) is 11.0 Å². The largest absolute Gasteiger partial charge is 0.453 e. The molecule has 0 aliphatic carbocycles. The van der Waals surface area contributed by atoms with Crippen LogP contribution in [0.3, 0.4) is 0 Å². The molecule has 7 nitrogen and oxygen atoms in total. The Bertz CT molecular complexity index is 1090. The predicted octanol–water partition coefficient (Wildman–Crippen LogP) is 5.64. The molecule has 192 valence electrons. The van der Waals surface area contributed by atoms with Gasteiger partial charge in [0.05, 0.1) is 11.7 Å². The van der Waals surface area contributed by atoms with Gasteiger partial charge in [0.25, 0.3) is 0 Å². The molecule has 2 aromatic rings. The first-order valence-corrected chi connectivity index (χ1v) is 12.0. The number of morpholine rings is 1. The highest BCUT2D eigenvalue weighted by Gasteiger charge is 2.49. The Balaban J connectivity index is 2.04. The van der Waals surface area contributed by atoms with E-state index in [9.17, 15) is 9.59 Å². The number of nitrogens with zero attached hydrogens (tertiary/aromatic N) is 2. The van der Waals surface area contributed by atoms with Crippen LogP contribution in [0.15, 0.2) is 77.6 Å². The Labute approximate surface area is 211 Å². The fraction of sp³-hybridized carbons (Fsp3) is 0.393. The van der Waals surface area contributed by atoms with Crippen LogP contribution in [-0.4, -0.2) is 41.0 Å². The first-order valence-electron chi connectivity index (χ1n) is 12.0. The Morgan fingerprint density at radius 2 is 1.69 bits per heavy atom. The summed E-state index contributed by atoms with van der Waals surface area (Å²) in [5.74, 6) is -0.824. The van der Waals surface area contributed by atoms with E-state index in [2.05, 4.69) is 4.99 Å². The van der Waals surface area contributed by atoms with E-state index in [0.717, 1.165) is 11.1 Å². The van der Waals surface area contributed by atoms with Crippen LogP contribution >= 0.6 is 0 Å². The molecule has 0 bridgehead atoms. The Morgan fingerprint density at radius 1 is 1.11 bits per heavy atom. The van der Waals surface area contributed by atoms with Crippen molar-refractivity contribution in [1.82, 2.24) is 4.90 Å². The number of hydrogen-bond acceptors (Lipinski definition) is 5. The zero-order chi connectivity index (χ0) is 26.3. The lowest BCUT2D eigenvalue weighted by atomic mass is 9.90. The van der Waals surface area contributed by atoms with Gasteiger partial charge in [-0.2, -0.15) is 0 Å². The van der Waals surface area contributed by atoms with E-state index in [-0.39, 0.29) is 6.42 Å². The number of carbonyl (C=O) groups excluding carboxylic acids is 2. The number of hydrogen-bond donors (Lipinski definition) is 1. The number of halogens is 1. The van der Waals surface area contributed by atoms with Gasteiger partial charge in [0.1, 0.15) is 17.7 Å². The number of carbonyl (C=O) groups is 2. The van der Waals surface area contributed by atoms with E-state index < -0.39 is 41.7 Å². The summed E-state index contributed by atoms with van der Waals surface area (Å²) in [5.41, 5.74) is 6.17. The normalized spacial score (nSPS) is 21.2. The average Bonchev–Trinajstić information content (AvgIpc) is 2.82. The number of aliphatic imine (C=N–C) groups is 1. The van der Waals surface area contributed by atoms with Gasteiger partial charge in [-0.05, 0) is 45.2 Å². The molecule has 2 N–H and O–H groups in total. The summed E-state index contributed by atoms with van der Waals surface area (Å²) in [6.07, 6.45) is -0.181. The molecule has 36 heavy (non-hydrogen) atoms. The number of amides is 1. The van der Waals surface area contributed by atoms with Crippen LogP contribution in [0.1, 0.15) is 63.8 Å². The van der Waals surface area contributed by atoms with Crippen molar-refractivity contribution in [3.8, 4) is 0 Å². The Morgan fingerprint density at radius 3 is 2.25 bits per heavy atom. The van der Waals surface area contributed by atoms with Crippen LogP contribution < -0.4 is 5.73 Å². The summed E-state index contributed by atoms with van der Waals surface area (Å²) < 4.78 is 26.6. The minimum absolute atomic E-state index is 0.309. The third kappa shape index (κ3) is 7.16. The van der Waals surface area contributed by atoms with Crippen molar-refractivity contribution >= 4 is 17.9 Å². The van der Waals surface area contributed by atoms with Gasteiger partial charge in [0, 0.05) is 13.0 Å². The standard InChI is InChI=1S/C28H34FN3O4/c1-19(30)31-17-11-16-22(29)18-23-26(33)35-25(21-14-9-6-10-15-21)24(20-12-7-5-8-13-20)32(23)27(34)36-28(2,3)4/h5-10,12-16,23-25H,11,17-18H2,1-4H3,(H2,30,31)/b22-16+. The van der Waals surface area contributed by atoms with Gasteiger partial charge in [-0.25, -0.2) is 14.0 Å². The Kier molecular flexibility index (Phi) is 8.85. The number of rotatable bonds is 7. The molecule has 0 aromatic heterocycles. The quantitative estimate of drug-likeness (QED) is 0.232. The molecule has 1 aliphatic rings. The molecule has 0 saturated carbocycles. The first kappa shape index (κ1) is 26.9. The van der Waals surface area contributed by atoms with Crippen LogP contribution in [0.4, 0.5) is 9.18 Å². The Hall–Kier alpha value is -3.68. The van der Waals surface area contributed by atoms with Gasteiger partial charge < -0.3 is 15.2 Å². The molecule has 3 unspecified atom stereocenters. The molecular formula is C28H34FN3O4. The molecule has 8 heteroatoms. The van der Waals surface area contributed by atoms with E-state index in [1.54, 1.807) is 27.7 Å². The molecule has 3 atom stereocenters. The van der Waals surface area contributed by atoms with Crippen LogP contribution in [0, 0.1) is 0 Å². The third-order valence-electron chi connectivity index (χ3n) is 5.56. The van der Waals surface area contributed by atoms with Crippen LogP contribution in [0.2, 0.25) is 0 Å². The number of cyclic esters (lactones) is 1. The molecule has 2 aromatic carbocycles. The molecule has 1 aliphatic heterocycles. The van der Waals surface area contributed by atoms with Gasteiger partial charge in [0.15, 0.2) is 6.10 Å². The zero-order valence-corrected chi connectivity index (χ0v) is 21.2. The number of amidine groups is 1. The zero-order valence-electron chi connectivity index (χ0n) is 21.2. The first-order chi connectivity index (χ1) is 17.1. The predicted molar refractivity (Wildman–Crippen MR) is 137 cm³/mol. The average molecular weight is 496 g/mol. The van der Waals surface area contributed by atoms with Crippen LogP contribution in [0.25, 0.3) is 0 Å². The number of benzene rings is 2. The number of esters is 1. The van der Waals surface area contributed by atoms with Crippen molar-refractivity contribution in [2.24, 2.45) is 10.7 Å². The van der Waals surface area contributed by atoms with Gasteiger partial charge in [-0.1, -0.05) is 66.7 Å². The second kappa shape index (κ2) is 11.8. The van der Waals surface area contributed by atoms with Gasteiger partial charge in [-0.15, -0.1) is 0 Å². The minimum Gasteiger partial charge on any atom is -0.453 e. The summed E-state index contributed by atoms with van der Waals surface area (Å²) in [6.45, 7) is 7.21. The lowest BCUT2D eigenvalue weighted by molar-refractivity contribution is -0.174. The molecule has 3 rings (SSSR count). The highest BCUT2D eigenvalue weighted by atomic mass is 19.1. The monoisotopic (exact) mass is 495 g/mol. The molecule has 1 heterocycles. The smallest absolute Gasteiger partial charge is 0.411 e. The minimum atomic E-state index is -1.21. The molecule has 0 spiro atoms. The van der Waals surface area contributed by atoms with E-state index >= 15 is 4.39 Å². The van der Waals surface area contributed by atoms with Crippen molar-refractivity contribution in [2.45, 2.75) is 64.3 Å². The summed E-state index contributed by atoms with van der Waals surface area (Å²) in [5, 5.41) is 0. The lowest BCUT2D eigenvalue weighted by Gasteiger charge is -2.45. The second-order valence-electron chi connectivity index (χ2n) is 9.69. The molecule has 1 amide bonds. The van der Waals surface area contributed by atoms with E-state index in [1.807, 2.05) is 60.7 Å². The molecular weight excluding hydrogens is 461 g/mol. The molecule has 0 radical (unpaired) electrons. The van der Waals surface area contributed by atoms with Crippen molar-refractivity contribution in [3.05, 3.63) is 83.7 Å². The summed E-state index contributed by atoms with van der Waals surface area (Å²) in [6, 6.07) is 16.5. The van der Waals surface area contributed by atoms with Gasteiger partial charge in [0.2, 0.25) is 0 Å². The number of nitrogens with two attached hydrogens (primary N) is 1. The highest BCUT2D eigenvalue weighted by Crippen LogP contribution is 2.44. The second-order valence-corrected chi connectivity index (χ2v) is 9.69. The topological polar surface area (TPSA) is 94.2 Å². The maximum absolute atomic E-state index is 15.0. The maximum Gasteiger partial charge on any atom is 0.411 e. The van der Waals surface area contributed by atoms with Crippen molar-refractivity contribution in [2.75, 3.05) is 6.54 Å². The van der Waals surface area contributed by atoms with Crippen molar-refractivity contribution in [3.63, 3.8) is 0 Å². The maximum atomic E-state index is 15.0. The summed E-state index contributed by atoms with van der Waals surface area (Å²) in [4.78, 5) is 32.2. The van der Waals surface area contributed by atoms with E-state index in [4.69, 9.17) is 15.2 Å². The summed E-state index contributed by atoms with van der Waals surface area (Å²) >= 11 is 0. The van der Waals surface area contributed by atoms with E-state index in [0.29, 0.717) is 18.8 Å². The van der Waals surface area contributed by atoms with Crippen LogP contribution in [0.5, 0.6) is 0 Å². The SMILES string of the molecule is CC(N)=NCC/C=C(/F)CC1C(=O)OC(c2ccccc2)C(c2ccccc2)N1C(=O)OC(C)(C)C. The molecule has 1 saturated heterocycles. The lowest BCUT2D eigenvalue weighted by Crippen LogP contribution is -2.55. The van der Waals surface area contributed by atoms with Crippen molar-refractivity contribution in [1.29, 1.82) is 0 Å².